The summed E-state index contributed by atoms with van der Waals surface area (Å²) in [7, 11) is -1.60. The van der Waals surface area contributed by atoms with Gasteiger partial charge in [-0.25, -0.2) is 8.42 Å². The molecule has 1 unspecified atom stereocenters. The maximum Gasteiger partial charge on any atom is 0.243 e. The van der Waals surface area contributed by atoms with Gasteiger partial charge in [0.1, 0.15) is 0 Å². The Morgan fingerprint density at radius 2 is 1.71 bits per heavy atom. The zero-order valence-electron chi connectivity index (χ0n) is 14.0. The topological polar surface area (TPSA) is 49.4 Å². The van der Waals surface area contributed by atoms with E-state index >= 15 is 0 Å². The number of hydrogen-bond donors (Lipinski definition) is 1. The first kappa shape index (κ1) is 18.0. The SMILES string of the molecule is CCC(C)CN(CC)S(=O)(=O)c1c(C)cc(NC)cc1C. The molecule has 0 aliphatic carbocycles. The van der Waals surface area contributed by atoms with Crippen molar-refractivity contribution < 1.29 is 8.42 Å². The van der Waals surface area contributed by atoms with Gasteiger partial charge < -0.3 is 5.32 Å². The molecule has 0 aliphatic rings. The average molecular weight is 312 g/mol. The van der Waals surface area contributed by atoms with Crippen LogP contribution in [0.15, 0.2) is 17.0 Å². The summed E-state index contributed by atoms with van der Waals surface area (Å²) >= 11 is 0. The smallest absolute Gasteiger partial charge is 0.243 e. The molecule has 0 aliphatic heterocycles. The molecule has 1 N–H and O–H groups in total. The van der Waals surface area contributed by atoms with E-state index in [1.165, 1.54) is 0 Å². The van der Waals surface area contributed by atoms with Crippen LogP contribution in [-0.4, -0.2) is 32.9 Å². The Labute approximate surface area is 129 Å². The normalized spacial score (nSPS) is 13.5. The van der Waals surface area contributed by atoms with Gasteiger partial charge in [0.05, 0.1) is 4.90 Å². The second-order valence-corrected chi connectivity index (χ2v) is 7.53. The highest BCUT2D eigenvalue weighted by Crippen LogP contribution is 2.27. The molecule has 0 fully saturated rings. The zero-order valence-corrected chi connectivity index (χ0v) is 14.8. The fourth-order valence-electron chi connectivity index (χ4n) is 2.50. The lowest BCUT2D eigenvalue weighted by Gasteiger charge is -2.25. The second-order valence-electron chi connectivity index (χ2n) is 5.66. The molecule has 0 amide bonds. The van der Waals surface area contributed by atoms with Crippen LogP contribution < -0.4 is 5.32 Å². The van der Waals surface area contributed by atoms with E-state index in [1.807, 2.05) is 40.0 Å². The molecule has 120 valence electrons. The lowest BCUT2D eigenvalue weighted by atomic mass is 10.1. The predicted molar refractivity (Wildman–Crippen MR) is 89.4 cm³/mol. The van der Waals surface area contributed by atoms with E-state index in [0.717, 1.165) is 23.2 Å². The predicted octanol–water partition coefficient (Wildman–Crippen LogP) is 3.40. The Bertz CT molecular complexity index is 559. The van der Waals surface area contributed by atoms with Gasteiger partial charge in [0.25, 0.3) is 0 Å². The number of benzene rings is 1. The molecule has 0 bridgehead atoms. The molecule has 1 aromatic rings. The minimum Gasteiger partial charge on any atom is -0.388 e. The van der Waals surface area contributed by atoms with Crippen molar-refractivity contribution in [1.29, 1.82) is 0 Å². The van der Waals surface area contributed by atoms with E-state index in [-0.39, 0.29) is 0 Å². The van der Waals surface area contributed by atoms with E-state index in [2.05, 4.69) is 19.2 Å². The maximum absolute atomic E-state index is 13.0. The Hall–Kier alpha value is -1.07. The largest absolute Gasteiger partial charge is 0.388 e. The molecule has 0 radical (unpaired) electrons. The van der Waals surface area contributed by atoms with Crippen molar-refractivity contribution in [3.63, 3.8) is 0 Å². The first-order valence-electron chi connectivity index (χ1n) is 7.57. The van der Waals surface area contributed by atoms with Crippen LogP contribution in [-0.2, 0) is 10.0 Å². The van der Waals surface area contributed by atoms with Crippen LogP contribution in [0, 0.1) is 19.8 Å². The third-order valence-electron chi connectivity index (χ3n) is 3.91. The molecule has 21 heavy (non-hydrogen) atoms. The van der Waals surface area contributed by atoms with Crippen LogP contribution in [0.5, 0.6) is 0 Å². The fourth-order valence-corrected chi connectivity index (χ4v) is 4.48. The summed E-state index contributed by atoms with van der Waals surface area (Å²) in [5.74, 6) is 0.358. The number of aryl methyl sites for hydroxylation is 2. The molecule has 0 saturated carbocycles. The van der Waals surface area contributed by atoms with Gasteiger partial charge in [-0.15, -0.1) is 0 Å². The molecule has 5 heteroatoms. The van der Waals surface area contributed by atoms with E-state index < -0.39 is 10.0 Å². The van der Waals surface area contributed by atoms with Crippen molar-refractivity contribution in [3.05, 3.63) is 23.3 Å². The van der Waals surface area contributed by atoms with Crippen molar-refractivity contribution in [2.45, 2.75) is 45.9 Å². The number of nitrogens with zero attached hydrogens (tertiary/aromatic N) is 1. The van der Waals surface area contributed by atoms with Crippen molar-refractivity contribution in [3.8, 4) is 0 Å². The number of rotatable bonds is 7. The van der Waals surface area contributed by atoms with Crippen LogP contribution in [0.1, 0.15) is 38.3 Å². The summed E-state index contributed by atoms with van der Waals surface area (Å²) in [5.41, 5.74) is 2.53. The molecular formula is C16H28N2O2S. The summed E-state index contributed by atoms with van der Waals surface area (Å²) in [6.07, 6.45) is 0.975. The monoisotopic (exact) mass is 312 g/mol. The molecule has 4 nitrogen and oxygen atoms in total. The number of nitrogens with one attached hydrogen (secondary N) is 1. The fraction of sp³-hybridized carbons (Fsp3) is 0.625. The van der Waals surface area contributed by atoms with Crippen molar-refractivity contribution in [1.82, 2.24) is 4.31 Å². The van der Waals surface area contributed by atoms with Gasteiger partial charge in [0.2, 0.25) is 10.0 Å². The van der Waals surface area contributed by atoms with Crippen LogP contribution in [0.2, 0.25) is 0 Å². The van der Waals surface area contributed by atoms with Gasteiger partial charge in [-0.1, -0.05) is 27.2 Å². The van der Waals surface area contributed by atoms with Gasteiger partial charge in [-0.2, -0.15) is 4.31 Å². The van der Waals surface area contributed by atoms with Gasteiger partial charge in [-0.3, -0.25) is 0 Å². The highest BCUT2D eigenvalue weighted by Gasteiger charge is 2.27. The first-order chi connectivity index (χ1) is 9.77. The number of sulfonamides is 1. The average Bonchev–Trinajstić information content (AvgIpc) is 2.42. The Balaban J connectivity index is 3.29. The molecule has 0 saturated heterocycles. The summed E-state index contributed by atoms with van der Waals surface area (Å²) in [6, 6.07) is 3.77. The summed E-state index contributed by atoms with van der Waals surface area (Å²) in [6.45, 7) is 10.9. The van der Waals surface area contributed by atoms with E-state index in [1.54, 1.807) is 4.31 Å². The number of hydrogen-bond acceptors (Lipinski definition) is 3. The summed E-state index contributed by atoms with van der Waals surface area (Å²) in [5, 5.41) is 3.06. The molecule has 1 aromatic carbocycles. The van der Waals surface area contributed by atoms with Gasteiger partial charge >= 0.3 is 0 Å². The molecule has 1 rings (SSSR count). The Morgan fingerprint density at radius 1 is 1.19 bits per heavy atom. The highest BCUT2D eigenvalue weighted by atomic mass is 32.2. The third-order valence-corrected chi connectivity index (χ3v) is 6.16. The molecule has 0 heterocycles. The minimum atomic E-state index is -3.44. The summed E-state index contributed by atoms with van der Waals surface area (Å²) in [4.78, 5) is 0.451. The van der Waals surface area contributed by atoms with Crippen LogP contribution in [0.4, 0.5) is 5.69 Å². The van der Waals surface area contributed by atoms with Gasteiger partial charge in [0.15, 0.2) is 0 Å². The van der Waals surface area contributed by atoms with Crippen molar-refractivity contribution in [2.24, 2.45) is 5.92 Å². The second kappa shape index (κ2) is 7.27. The van der Waals surface area contributed by atoms with E-state index in [9.17, 15) is 8.42 Å². The van der Waals surface area contributed by atoms with Gasteiger partial charge in [0, 0.05) is 25.8 Å². The lowest BCUT2D eigenvalue weighted by molar-refractivity contribution is 0.361. The quantitative estimate of drug-likeness (QED) is 0.839. The Morgan fingerprint density at radius 3 is 2.10 bits per heavy atom. The lowest BCUT2D eigenvalue weighted by Crippen LogP contribution is -2.35. The Kier molecular flexibility index (Phi) is 6.23. The number of anilines is 1. The van der Waals surface area contributed by atoms with E-state index in [4.69, 9.17) is 0 Å². The zero-order chi connectivity index (χ0) is 16.2. The van der Waals surface area contributed by atoms with Crippen LogP contribution in [0.3, 0.4) is 0 Å². The van der Waals surface area contributed by atoms with Crippen LogP contribution >= 0.6 is 0 Å². The van der Waals surface area contributed by atoms with E-state index in [0.29, 0.717) is 23.9 Å². The van der Waals surface area contributed by atoms with Crippen molar-refractivity contribution in [2.75, 3.05) is 25.5 Å². The first-order valence-corrected chi connectivity index (χ1v) is 9.01. The molecular weight excluding hydrogens is 284 g/mol. The minimum absolute atomic E-state index is 0.358. The standard InChI is InChI=1S/C16H28N2O2S/c1-7-12(3)11-18(8-2)21(19,20)16-13(4)9-15(17-6)10-14(16)5/h9-10,12,17H,7-8,11H2,1-6H3. The van der Waals surface area contributed by atoms with Gasteiger partial charge in [-0.05, 0) is 43.0 Å². The highest BCUT2D eigenvalue weighted by molar-refractivity contribution is 7.89. The third kappa shape index (κ3) is 3.98. The van der Waals surface area contributed by atoms with Crippen LogP contribution in [0.25, 0.3) is 0 Å². The van der Waals surface area contributed by atoms with Crippen molar-refractivity contribution >= 4 is 15.7 Å². The molecule has 0 spiro atoms. The summed E-state index contributed by atoms with van der Waals surface area (Å²) < 4.78 is 27.5. The molecule has 1 atom stereocenters. The maximum atomic E-state index is 13.0. The molecule has 0 aromatic heterocycles.